The van der Waals surface area contributed by atoms with E-state index in [9.17, 15) is 4.79 Å². The number of carbonyl (C=O) groups excluding carboxylic acids is 1. The summed E-state index contributed by atoms with van der Waals surface area (Å²) in [6.45, 7) is 2.44. The molecule has 0 atom stereocenters. The number of nitrogens with zero attached hydrogens (tertiary/aromatic N) is 3. The van der Waals surface area contributed by atoms with Gasteiger partial charge in [0.2, 0.25) is 11.9 Å². The zero-order chi connectivity index (χ0) is 17.5. The van der Waals surface area contributed by atoms with Crippen LogP contribution in [0.1, 0.15) is 12.6 Å². The minimum atomic E-state index is -0.153. The number of thiazole rings is 1. The Balaban J connectivity index is 1.60. The molecule has 128 valence electrons. The molecule has 0 saturated heterocycles. The van der Waals surface area contributed by atoms with Gasteiger partial charge in [-0.05, 0) is 25.1 Å². The Morgan fingerprint density at radius 1 is 1.20 bits per heavy atom. The average molecular weight is 355 g/mol. The van der Waals surface area contributed by atoms with Crippen LogP contribution < -0.4 is 15.4 Å². The van der Waals surface area contributed by atoms with Crippen molar-refractivity contribution in [1.29, 1.82) is 0 Å². The molecular formula is C17H17N5O2S. The number of hydrogen-bond donors (Lipinski definition) is 2. The van der Waals surface area contributed by atoms with Crippen LogP contribution in [0.2, 0.25) is 0 Å². The number of aromatic nitrogens is 3. The molecule has 3 aromatic rings. The fourth-order valence-corrected chi connectivity index (χ4v) is 2.82. The summed E-state index contributed by atoms with van der Waals surface area (Å²) in [5.41, 5.74) is 1.33. The Bertz CT molecular complexity index is 838. The third kappa shape index (κ3) is 4.74. The molecule has 0 spiro atoms. The average Bonchev–Trinajstić information content (AvgIpc) is 3.04. The molecule has 2 N–H and O–H groups in total. The SMILES string of the molecule is CCOc1ccccc1NC(=O)Cc1csc(Nc2ncccn2)n1. The number of benzene rings is 1. The number of hydrogen-bond acceptors (Lipinski definition) is 7. The summed E-state index contributed by atoms with van der Waals surface area (Å²) in [5, 5.41) is 8.34. The van der Waals surface area contributed by atoms with Gasteiger partial charge in [0.15, 0.2) is 5.13 Å². The molecule has 0 aliphatic carbocycles. The van der Waals surface area contributed by atoms with Crippen LogP contribution in [-0.4, -0.2) is 27.5 Å². The van der Waals surface area contributed by atoms with Gasteiger partial charge < -0.3 is 15.4 Å². The van der Waals surface area contributed by atoms with Gasteiger partial charge in [-0.1, -0.05) is 12.1 Å². The first-order valence-electron chi connectivity index (χ1n) is 7.74. The third-order valence-electron chi connectivity index (χ3n) is 3.14. The lowest BCUT2D eigenvalue weighted by Crippen LogP contribution is -2.15. The molecule has 1 amide bonds. The predicted octanol–water partition coefficient (Wildman–Crippen LogP) is 3.26. The normalized spacial score (nSPS) is 10.3. The van der Waals surface area contributed by atoms with Gasteiger partial charge in [-0.3, -0.25) is 4.79 Å². The van der Waals surface area contributed by atoms with Crippen LogP contribution in [0.5, 0.6) is 5.75 Å². The smallest absolute Gasteiger partial charge is 0.230 e. The van der Waals surface area contributed by atoms with Crippen molar-refractivity contribution in [2.24, 2.45) is 0 Å². The van der Waals surface area contributed by atoms with E-state index in [4.69, 9.17) is 4.74 Å². The molecule has 7 nitrogen and oxygen atoms in total. The standard InChI is InChI=1S/C17H17N5O2S/c1-2-24-14-7-4-3-6-13(14)21-15(23)10-12-11-25-17(20-12)22-16-18-8-5-9-19-16/h3-9,11H,2,10H2,1H3,(H,21,23)(H,18,19,20,22). The molecule has 0 unspecified atom stereocenters. The molecule has 1 aromatic carbocycles. The quantitative estimate of drug-likeness (QED) is 0.676. The first-order chi connectivity index (χ1) is 12.2. The van der Waals surface area contributed by atoms with Crippen LogP contribution in [0, 0.1) is 0 Å². The Hall–Kier alpha value is -3.00. The van der Waals surface area contributed by atoms with Gasteiger partial charge >= 0.3 is 0 Å². The van der Waals surface area contributed by atoms with Gasteiger partial charge in [0.25, 0.3) is 0 Å². The summed E-state index contributed by atoms with van der Waals surface area (Å²) < 4.78 is 5.51. The second kappa shape index (κ2) is 8.20. The van der Waals surface area contributed by atoms with Gasteiger partial charge in [0, 0.05) is 17.8 Å². The van der Waals surface area contributed by atoms with E-state index in [-0.39, 0.29) is 12.3 Å². The molecular weight excluding hydrogens is 338 g/mol. The Labute approximate surface area is 149 Å². The van der Waals surface area contributed by atoms with Gasteiger partial charge in [0.05, 0.1) is 24.4 Å². The minimum Gasteiger partial charge on any atom is -0.492 e. The molecule has 3 rings (SSSR count). The molecule has 0 radical (unpaired) electrons. The maximum Gasteiger partial charge on any atom is 0.230 e. The molecule has 2 aromatic heterocycles. The Kier molecular flexibility index (Phi) is 5.53. The van der Waals surface area contributed by atoms with Crippen LogP contribution in [-0.2, 0) is 11.2 Å². The summed E-state index contributed by atoms with van der Waals surface area (Å²) in [7, 11) is 0. The number of amides is 1. The summed E-state index contributed by atoms with van der Waals surface area (Å²) in [6, 6.07) is 9.09. The van der Waals surface area contributed by atoms with Crippen molar-refractivity contribution in [3.8, 4) is 5.75 Å². The maximum atomic E-state index is 12.3. The monoisotopic (exact) mass is 355 g/mol. The third-order valence-corrected chi connectivity index (χ3v) is 3.95. The molecule has 0 fully saturated rings. The summed E-state index contributed by atoms with van der Waals surface area (Å²) in [4.78, 5) is 24.8. The molecule has 0 saturated carbocycles. The minimum absolute atomic E-state index is 0.153. The van der Waals surface area contributed by atoms with Crippen LogP contribution in [0.4, 0.5) is 16.8 Å². The van der Waals surface area contributed by atoms with E-state index >= 15 is 0 Å². The zero-order valence-corrected chi connectivity index (χ0v) is 14.4. The highest BCUT2D eigenvalue weighted by molar-refractivity contribution is 7.13. The lowest BCUT2D eigenvalue weighted by atomic mass is 10.2. The van der Waals surface area contributed by atoms with Crippen molar-refractivity contribution in [2.75, 3.05) is 17.2 Å². The topological polar surface area (TPSA) is 89.0 Å². The summed E-state index contributed by atoms with van der Waals surface area (Å²) >= 11 is 1.40. The highest BCUT2D eigenvalue weighted by Crippen LogP contribution is 2.24. The van der Waals surface area contributed by atoms with Gasteiger partial charge in [-0.15, -0.1) is 11.3 Å². The second-order valence-corrected chi connectivity index (χ2v) is 5.85. The van der Waals surface area contributed by atoms with E-state index in [2.05, 4.69) is 25.6 Å². The van der Waals surface area contributed by atoms with E-state index in [1.165, 1.54) is 11.3 Å². The molecule has 0 aliphatic heterocycles. The summed E-state index contributed by atoms with van der Waals surface area (Å²) in [5.74, 6) is 0.971. The van der Waals surface area contributed by atoms with Crippen molar-refractivity contribution >= 4 is 34.0 Å². The first-order valence-corrected chi connectivity index (χ1v) is 8.62. The lowest BCUT2D eigenvalue weighted by Gasteiger charge is -2.10. The van der Waals surface area contributed by atoms with E-state index in [0.717, 1.165) is 0 Å². The van der Waals surface area contributed by atoms with Crippen molar-refractivity contribution in [3.63, 3.8) is 0 Å². The first kappa shape index (κ1) is 16.8. The second-order valence-electron chi connectivity index (χ2n) is 5.00. The van der Waals surface area contributed by atoms with Crippen molar-refractivity contribution < 1.29 is 9.53 Å². The largest absolute Gasteiger partial charge is 0.492 e. The van der Waals surface area contributed by atoms with E-state index in [0.29, 0.717) is 34.8 Å². The summed E-state index contributed by atoms with van der Waals surface area (Å²) in [6.07, 6.45) is 3.47. The van der Waals surface area contributed by atoms with Crippen LogP contribution in [0.25, 0.3) is 0 Å². The van der Waals surface area contributed by atoms with Crippen LogP contribution >= 0.6 is 11.3 Å². The molecule has 25 heavy (non-hydrogen) atoms. The van der Waals surface area contributed by atoms with Crippen LogP contribution in [0.15, 0.2) is 48.1 Å². The predicted molar refractivity (Wildman–Crippen MR) is 97.4 cm³/mol. The highest BCUT2D eigenvalue weighted by atomic mass is 32.1. The highest BCUT2D eigenvalue weighted by Gasteiger charge is 2.11. The van der Waals surface area contributed by atoms with Crippen molar-refractivity contribution in [1.82, 2.24) is 15.0 Å². The maximum absolute atomic E-state index is 12.3. The number of carbonyl (C=O) groups is 1. The number of anilines is 3. The molecule has 0 bridgehead atoms. The van der Waals surface area contributed by atoms with E-state index < -0.39 is 0 Å². The Morgan fingerprint density at radius 2 is 2.00 bits per heavy atom. The molecule has 8 heteroatoms. The van der Waals surface area contributed by atoms with Crippen molar-refractivity contribution in [2.45, 2.75) is 13.3 Å². The Morgan fingerprint density at radius 3 is 2.80 bits per heavy atom. The number of para-hydroxylation sites is 2. The van der Waals surface area contributed by atoms with Gasteiger partial charge in [-0.25, -0.2) is 15.0 Å². The molecule has 2 heterocycles. The van der Waals surface area contributed by atoms with Crippen molar-refractivity contribution in [3.05, 3.63) is 53.8 Å². The van der Waals surface area contributed by atoms with E-state index in [1.807, 2.05) is 36.6 Å². The van der Waals surface area contributed by atoms with Crippen LogP contribution in [0.3, 0.4) is 0 Å². The molecule has 0 aliphatic rings. The fourth-order valence-electron chi connectivity index (χ4n) is 2.12. The number of nitrogens with one attached hydrogen (secondary N) is 2. The van der Waals surface area contributed by atoms with Gasteiger partial charge in [-0.2, -0.15) is 0 Å². The lowest BCUT2D eigenvalue weighted by molar-refractivity contribution is -0.115. The zero-order valence-electron chi connectivity index (χ0n) is 13.6. The van der Waals surface area contributed by atoms with E-state index in [1.54, 1.807) is 18.5 Å². The fraction of sp³-hybridized carbons (Fsp3) is 0.176. The van der Waals surface area contributed by atoms with Gasteiger partial charge in [0.1, 0.15) is 5.75 Å². The number of ether oxygens (including phenoxy) is 1. The number of rotatable bonds is 7.